The van der Waals surface area contributed by atoms with Crippen LogP contribution >= 0.6 is 0 Å². The molecule has 3 aliphatic rings. The van der Waals surface area contributed by atoms with Crippen LogP contribution in [0.5, 0.6) is 11.5 Å². The molecule has 0 bridgehead atoms. The van der Waals surface area contributed by atoms with Gasteiger partial charge < -0.3 is 20.1 Å². The topological polar surface area (TPSA) is 97.5 Å². The maximum atomic E-state index is 13.8. The van der Waals surface area contributed by atoms with Gasteiger partial charge in [0.15, 0.2) is 23.0 Å². The molecule has 1 saturated heterocycles. The summed E-state index contributed by atoms with van der Waals surface area (Å²) >= 11 is 0. The summed E-state index contributed by atoms with van der Waals surface area (Å²) in [7, 11) is 1.67. The van der Waals surface area contributed by atoms with Crippen molar-refractivity contribution in [1.82, 2.24) is 9.80 Å². The first-order valence-electron chi connectivity index (χ1n) is 12.5. The van der Waals surface area contributed by atoms with Crippen molar-refractivity contribution < 1.29 is 19.1 Å². The first-order chi connectivity index (χ1) is 18.0. The van der Waals surface area contributed by atoms with Gasteiger partial charge in [-0.25, -0.2) is 4.99 Å². The van der Waals surface area contributed by atoms with E-state index in [1.807, 2.05) is 59.5 Å². The summed E-state index contributed by atoms with van der Waals surface area (Å²) in [6, 6.07) is 23.3. The summed E-state index contributed by atoms with van der Waals surface area (Å²) in [5.41, 5.74) is 8.56. The van der Waals surface area contributed by atoms with Gasteiger partial charge in [-0.15, -0.1) is 0 Å². The van der Waals surface area contributed by atoms with Crippen molar-refractivity contribution in [3.63, 3.8) is 0 Å². The molecule has 0 aromatic heterocycles. The molecule has 0 spiro atoms. The molecule has 3 aromatic rings. The van der Waals surface area contributed by atoms with E-state index in [0.717, 1.165) is 16.7 Å². The fraction of sp³-hybridized carbons (Fsp3) is 0.276. The number of rotatable bonds is 4. The third kappa shape index (κ3) is 3.80. The molecule has 1 fully saturated rings. The number of nitrogens with two attached hydrogens (primary N) is 1. The molecule has 188 valence electrons. The Morgan fingerprint density at radius 3 is 2.41 bits per heavy atom. The Morgan fingerprint density at radius 2 is 1.68 bits per heavy atom. The molecule has 3 heterocycles. The summed E-state index contributed by atoms with van der Waals surface area (Å²) in [4.78, 5) is 35.1. The zero-order chi connectivity index (χ0) is 25.6. The number of likely N-dealkylation sites (N-methyl/N-ethyl adjacent to an activating group) is 1. The number of amides is 2. The highest BCUT2D eigenvalue weighted by molar-refractivity contribution is 6.07. The molecule has 2 N–H and O–H groups in total. The van der Waals surface area contributed by atoms with Crippen molar-refractivity contribution in [2.24, 2.45) is 16.6 Å². The number of piperidine rings is 1. The predicted octanol–water partition coefficient (Wildman–Crippen LogP) is 3.62. The van der Waals surface area contributed by atoms with E-state index in [-0.39, 0.29) is 30.5 Å². The Bertz CT molecular complexity index is 1400. The van der Waals surface area contributed by atoms with Gasteiger partial charge in [0, 0.05) is 31.6 Å². The Labute approximate surface area is 215 Å². The Kier molecular flexibility index (Phi) is 5.59. The molecule has 2 amide bonds. The van der Waals surface area contributed by atoms with Crippen molar-refractivity contribution in [2.75, 3.05) is 26.9 Å². The zero-order valence-electron chi connectivity index (χ0n) is 20.6. The lowest BCUT2D eigenvalue weighted by atomic mass is 9.72. The van der Waals surface area contributed by atoms with Gasteiger partial charge in [0.25, 0.3) is 11.8 Å². The third-order valence-electron chi connectivity index (χ3n) is 7.67. The van der Waals surface area contributed by atoms with Crippen molar-refractivity contribution in [1.29, 1.82) is 0 Å². The third-order valence-corrected chi connectivity index (χ3v) is 7.67. The Balaban J connectivity index is 1.28. The molecule has 8 heteroatoms. The molecule has 1 atom stereocenters. The van der Waals surface area contributed by atoms with E-state index < -0.39 is 5.54 Å². The highest BCUT2D eigenvalue weighted by Gasteiger charge is 2.54. The minimum Gasteiger partial charge on any atom is -0.454 e. The minimum atomic E-state index is -1.11. The van der Waals surface area contributed by atoms with Gasteiger partial charge in [0.05, 0.1) is 0 Å². The van der Waals surface area contributed by atoms with Gasteiger partial charge in [-0.05, 0) is 53.8 Å². The van der Waals surface area contributed by atoms with Crippen LogP contribution in [-0.4, -0.2) is 54.5 Å². The van der Waals surface area contributed by atoms with E-state index in [0.29, 0.717) is 43.0 Å². The van der Waals surface area contributed by atoms with Crippen molar-refractivity contribution in [3.8, 4) is 22.6 Å². The molecular weight excluding hydrogens is 468 g/mol. The van der Waals surface area contributed by atoms with Crippen LogP contribution < -0.4 is 15.2 Å². The molecule has 6 rings (SSSR count). The van der Waals surface area contributed by atoms with Crippen LogP contribution in [0.25, 0.3) is 11.1 Å². The molecule has 3 aliphatic heterocycles. The summed E-state index contributed by atoms with van der Waals surface area (Å²) in [5.74, 6) is 1.16. The number of aliphatic imine (C=N–C) groups is 1. The van der Waals surface area contributed by atoms with Crippen LogP contribution in [0.15, 0.2) is 77.8 Å². The first kappa shape index (κ1) is 23.1. The number of guanidine groups is 1. The van der Waals surface area contributed by atoms with E-state index in [1.165, 1.54) is 4.90 Å². The van der Waals surface area contributed by atoms with Gasteiger partial charge in [-0.1, -0.05) is 48.5 Å². The smallest absolute Gasteiger partial charge is 0.261 e. The number of hydrogen-bond donors (Lipinski definition) is 1. The number of carbonyl (C=O) groups is 2. The summed E-state index contributed by atoms with van der Waals surface area (Å²) in [5, 5.41) is 0. The number of likely N-dealkylation sites (tertiary alicyclic amines) is 1. The fourth-order valence-corrected chi connectivity index (χ4v) is 5.63. The van der Waals surface area contributed by atoms with Crippen molar-refractivity contribution in [2.45, 2.75) is 18.4 Å². The van der Waals surface area contributed by atoms with Crippen LogP contribution in [0.3, 0.4) is 0 Å². The van der Waals surface area contributed by atoms with Gasteiger partial charge >= 0.3 is 0 Å². The number of ether oxygens (including phenoxy) is 2. The molecule has 37 heavy (non-hydrogen) atoms. The van der Waals surface area contributed by atoms with Gasteiger partial charge in [-0.3, -0.25) is 14.5 Å². The summed E-state index contributed by atoms with van der Waals surface area (Å²) in [6.45, 7) is 1.20. The zero-order valence-corrected chi connectivity index (χ0v) is 20.6. The number of nitrogens with zero attached hydrogens (tertiary/aromatic N) is 3. The van der Waals surface area contributed by atoms with Crippen LogP contribution in [0.2, 0.25) is 0 Å². The lowest BCUT2D eigenvalue weighted by Crippen LogP contribution is -2.49. The molecule has 8 nitrogen and oxygen atoms in total. The Hall–Kier alpha value is -4.33. The average Bonchev–Trinajstić information content (AvgIpc) is 3.51. The Morgan fingerprint density at radius 1 is 0.946 bits per heavy atom. The molecular formula is C29H28N4O4. The van der Waals surface area contributed by atoms with Crippen LogP contribution in [0.4, 0.5) is 0 Å². The molecule has 0 radical (unpaired) electrons. The standard InChI is InChI=1S/C29H28N4O4/c1-32-27(35)29(31-28(32)30,23-9-5-8-20(16-23)19-6-3-2-4-7-19)22-12-14-33(15-13-22)26(34)21-10-11-24-25(17-21)37-18-36-24/h2-11,16-17,22H,12-15,18H2,1H3,(H2,30,31). The maximum absolute atomic E-state index is 13.8. The second kappa shape index (κ2) is 8.96. The monoisotopic (exact) mass is 496 g/mol. The van der Waals surface area contributed by atoms with E-state index in [2.05, 4.69) is 0 Å². The predicted molar refractivity (Wildman–Crippen MR) is 139 cm³/mol. The van der Waals surface area contributed by atoms with Gasteiger partial charge in [-0.2, -0.15) is 0 Å². The number of fused-ring (bicyclic) bond motifs is 1. The van der Waals surface area contributed by atoms with E-state index in [9.17, 15) is 9.59 Å². The largest absolute Gasteiger partial charge is 0.454 e. The molecule has 3 aromatic carbocycles. The van der Waals surface area contributed by atoms with Crippen LogP contribution in [0.1, 0.15) is 28.8 Å². The maximum Gasteiger partial charge on any atom is 0.261 e. The number of benzene rings is 3. The number of carbonyl (C=O) groups excluding carboxylic acids is 2. The lowest BCUT2D eigenvalue weighted by molar-refractivity contribution is -0.133. The van der Waals surface area contributed by atoms with Gasteiger partial charge in [0.1, 0.15) is 0 Å². The molecule has 0 saturated carbocycles. The quantitative estimate of drug-likeness (QED) is 0.595. The second-order valence-corrected chi connectivity index (χ2v) is 9.68. The molecule has 1 unspecified atom stereocenters. The average molecular weight is 497 g/mol. The van der Waals surface area contributed by atoms with Crippen molar-refractivity contribution >= 4 is 17.8 Å². The second-order valence-electron chi connectivity index (χ2n) is 9.68. The highest BCUT2D eigenvalue weighted by atomic mass is 16.7. The van der Waals surface area contributed by atoms with Crippen LogP contribution in [0, 0.1) is 5.92 Å². The first-order valence-corrected chi connectivity index (χ1v) is 12.5. The highest BCUT2D eigenvalue weighted by Crippen LogP contribution is 2.45. The lowest BCUT2D eigenvalue weighted by Gasteiger charge is -2.40. The minimum absolute atomic E-state index is 0.0604. The molecule has 0 aliphatic carbocycles. The fourth-order valence-electron chi connectivity index (χ4n) is 5.63. The normalized spacial score (nSPS) is 21.3. The van der Waals surface area contributed by atoms with E-state index >= 15 is 0 Å². The SMILES string of the molecule is CN1C(=O)C(c2cccc(-c3ccccc3)c2)(C2CCN(C(=O)c3ccc4c(c3)OCO4)CC2)N=C1N. The van der Waals surface area contributed by atoms with Gasteiger partial charge in [0.2, 0.25) is 6.79 Å². The van der Waals surface area contributed by atoms with Crippen molar-refractivity contribution in [3.05, 3.63) is 83.9 Å². The van der Waals surface area contributed by atoms with Crippen LogP contribution in [-0.2, 0) is 10.3 Å². The summed E-state index contributed by atoms with van der Waals surface area (Å²) in [6.07, 6.45) is 1.25. The van der Waals surface area contributed by atoms with E-state index in [4.69, 9.17) is 20.2 Å². The number of hydrogen-bond acceptors (Lipinski definition) is 6. The summed E-state index contributed by atoms with van der Waals surface area (Å²) < 4.78 is 10.8. The van der Waals surface area contributed by atoms with E-state index in [1.54, 1.807) is 25.2 Å².